The van der Waals surface area contributed by atoms with Crippen LogP contribution in [-0.2, 0) is 9.63 Å². The van der Waals surface area contributed by atoms with Gasteiger partial charge in [-0.25, -0.2) is 4.79 Å². The van der Waals surface area contributed by atoms with Gasteiger partial charge in [0.2, 0.25) is 0 Å². The minimum atomic E-state index is -0.353. The molecule has 0 fully saturated rings. The Labute approximate surface area is 86.7 Å². The molecule has 0 atom stereocenters. The quantitative estimate of drug-likeness (QED) is 0.503. The van der Waals surface area contributed by atoms with E-state index in [9.17, 15) is 4.79 Å². The summed E-state index contributed by atoms with van der Waals surface area (Å²) in [4.78, 5) is 16.5. The van der Waals surface area contributed by atoms with Crippen LogP contribution in [-0.4, -0.2) is 23.1 Å². The Bertz CT molecular complexity index is 221. The Hall–Kier alpha value is -0.830. The molecular formula is C11H21NO2. The van der Waals surface area contributed by atoms with Gasteiger partial charge in [0.1, 0.15) is 0 Å². The minimum absolute atomic E-state index is 0.125. The van der Waals surface area contributed by atoms with Crippen LogP contribution in [0.15, 0.2) is 12.2 Å². The van der Waals surface area contributed by atoms with Gasteiger partial charge in [0.15, 0.2) is 0 Å². The smallest absolute Gasteiger partial charge is 0.352 e. The molecule has 0 unspecified atom stereocenters. The van der Waals surface area contributed by atoms with E-state index in [0.717, 1.165) is 6.42 Å². The van der Waals surface area contributed by atoms with E-state index in [0.29, 0.717) is 12.1 Å². The predicted molar refractivity (Wildman–Crippen MR) is 57.7 cm³/mol. The van der Waals surface area contributed by atoms with Crippen LogP contribution in [0.5, 0.6) is 0 Å². The van der Waals surface area contributed by atoms with Crippen LogP contribution in [0.4, 0.5) is 0 Å². The van der Waals surface area contributed by atoms with E-state index in [4.69, 9.17) is 4.84 Å². The van der Waals surface area contributed by atoms with E-state index in [1.807, 2.05) is 20.8 Å². The highest BCUT2D eigenvalue weighted by Crippen LogP contribution is 2.19. The van der Waals surface area contributed by atoms with Crippen LogP contribution in [0.2, 0.25) is 0 Å². The van der Waals surface area contributed by atoms with Crippen molar-refractivity contribution in [2.24, 2.45) is 0 Å². The van der Waals surface area contributed by atoms with E-state index in [-0.39, 0.29) is 11.5 Å². The fraction of sp³-hybridized carbons (Fsp3) is 0.727. The molecule has 0 saturated carbocycles. The number of hydroxylamine groups is 2. The fourth-order valence-electron chi connectivity index (χ4n) is 0.970. The van der Waals surface area contributed by atoms with Gasteiger partial charge in [-0.3, -0.25) is 0 Å². The average molecular weight is 199 g/mol. The fourth-order valence-corrected chi connectivity index (χ4v) is 0.970. The maximum absolute atomic E-state index is 11.3. The lowest BCUT2D eigenvalue weighted by atomic mass is 10.0. The molecule has 0 bridgehead atoms. The van der Waals surface area contributed by atoms with Gasteiger partial charge < -0.3 is 4.84 Å². The van der Waals surface area contributed by atoms with Crippen molar-refractivity contribution in [3.8, 4) is 0 Å². The molecule has 0 radical (unpaired) electrons. The first-order valence-electron chi connectivity index (χ1n) is 5.00. The van der Waals surface area contributed by atoms with Gasteiger partial charge in [-0.2, -0.15) is 0 Å². The number of carbonyl (C=O) groups is 1. The summed E-state index contributed by atoms with van der Waals surface area (Å²) in [6, 6.07) is 0. The third kappa shape index (κ3) is 3.50. The molecule has 0 aliphatic carbocycles. The number of nitrogens with zero attached hydrogens (tertiary/aromatic N) is 1. The first kappa shape index (κ1) is 13.2. The van der Waals surface area contributed by atoms with Crippen LogP contribution < -0.4 is 0 Å². The lowest BCUT2D eigenvalue weighted by molar-refractivity contribution is -0.211. The first-order valence-corrected chi connectivity index (χ1v) is 5.00. The predicted octanol–water partition coefficient (Wildman–Crippen LogP) is 2.53. The summed E-state index contributed by atoms with van der Waals surface area (Å²) < 4.78 is 0. The maximum atomic E-state index is 11.3. The van der Waals surface area contributed by atoms with E-state index >= 15 is 0 Å². The van der Waals surface area contributed by atoms with Crippen molar-refractivity contribution in [2.75, 3.05) is 6.54 Å². The highest BCUT2D eigenvalue weighted by Gasteiger charge is 2.27. The van der Waals surface area contributed by atoms with Gasteiger partial charge in [-0.05, 0) is 34.1 Å². The van der Waals surface area contributed by atoms with E-state index in [1.54, 1.807) is 12.0 Å². The van der Waals surface area contributed by atoms with Gasteiger partial charge in [0, 0.05) is 12.1 Å². The summed E-state index contributed by atoms with van der Waals surface area (Å²) in [5.41, 5.74) is 0.301. The topological polar surface area (TPSA) is 29.5 Å². The molecule has 0 saturated heterocycles. The Morgan fingerprint density at radius 3 is 2.21 bits per heavy atom. The summed E-state index contributed by atoms with van der Waals surface area (Å²) in [5, 5.41) is 1.70. The van der Waals surface area contributed by atoms with E-state index in [1.165, 1.54) is 0 Å². The van der Waals surface area contributed by atoms with Gasteiger partial charge >= 0.3 is 5.97 Å². The summed E-state index contributed by atoms with van der Waals surface area (Å²) in [6.07, 6.45) is 0.921. The number of hydrogen-bond acceptors (Lipinski definition) is 3. The zero-order valence-corrected chi connectivity index (χ0v) is 9.89. The van der Waals surface area contributed by atoms with Gasteiger partial charge in [0.25, 0.3) is 0 Å². The van der Waals surface area contributed by atoms with Crippen molar-refractivity contribution in [1.29, 1.82) is 0 Å². The lowest BCUT2D eigenvalue weighted by Gasteiger charge is -2.34. The Balaban J connectivity index is 4.44. The highest BCUT2D eigenvalue weighted by atomic mass is 16.7. The highest BCUT2D eigenvalue weighted by molar-refractivity contribution is 5.86. The zero-order chi connectivity index (χ0) is 11.4. The Kier molecular flexibility index (Phi) is 4.85. The number of carbonyl (C=O) groups excluding carboxylic acids is 1. The van der Waals surface area contributed by atoms with Crippen molar-refractivity contribution in [2.45, 2.75) is 46.6 Å². The molecule has 0 aromatic carbocycles. The van der Waals surface area contributed by atoms with Crippen LogP contribution in [0.25, 0.3) is 0 Å². The third-order valence-corrected chi connectivity index (χ3v) is 2.37. The molecule has 0 heterocycles. The normalized spacial score (nSPS) is 11.6. The molecule has 0 spiro atoms. The molecule has 3 nitrogen and oxygen atoms in total. The molecule has 0 aromatic heterocycles. The zero-order valence-electron chi connectivity index (χ0n) is 9.89. The molecule has 0 amide bonds. The van der Waals surface area contributed by atoms with Crippen molar-refractivity contribution in [3.05, 3.63) is 12.2 Å². The molecule has 0 aliphatic heterocycles. The molecule has 0 aromatic rings. The summed E-state index contributed by atoms with van der Waals surface area (Å²) >= 11 is 0. The molecule has 82 valence electrons. The van der Waals surface area contributed by atoms with Gasteiger partial charge in [-0.1, -0.05) is 13.5 Å². The second-order valence-corrected chi connectivity index (χ2v) is 4.02. The number of rotatable bonds is 5. The molecule has 14 heavy (non-hydrogen) atoms. The van der Waals surface area contributed by atoms with Crippen LogP contribution in [0.1, 0.15) is 41.0 Å². The van der Waals surface area contributed by atoms with E-state index < -0.39 is 0 Å². The van der Waals surface area contributed by atoms with Crippen LogP contribution in [0.3, 0.4) is 0 Å². The van der Waals surface area contributed by atoms with Crippen molar-refractivity contribution >= 4 is 5.97 Å². The third-order valence-electron chi connectivity index (χ3n) is 2.37. The van der Waals surface area contributed by atoms with Gasteiger partial charge in [-0.15, -0.1) is 5.06 Å². The van der Waals surface area contributed by atoms with E-state index in [2.05, 4.69) is 13.5 Å². The first-order chi connectivity index (χ1) is 6.35. The van der Waals surface area contributed by atoms with Gasteiger partial charge in [0.05, 0.1) is 5.54 Å². The summed E-state index contributed by atoms with van der Waals surface area (Å²) in [7, 11) is 0. The SMILES string of the molecule is C=C(C)C(=O)ON(CC)C(C)(C)CC. The second-order valence-electron chi connectivity index (χ2n) is 4.02. The Morgan fingerprint density at radius 2 is 1.93 bits per heavy atom. The summed E-state index contributed by atoms with van der Waals surface area (Å²) in [5.74, 6) is -0.353. The maximum Gasteiger partial charge on any atom is 0.352 e. The van der Waals surface area contributed by atoms with Crippen molar-refractivity contribution < 1.29 is 9.63 Å². The number of hydrogen-bond donors (Lipinski definition) is 0. The average Bonchev–Trinajstić information content (AvgIpc) is 2.13. The molecule has 0 N–H and O–H groups in total. The van der Waals surface area contributed by atoms with Crippen molar-refractivity contribution in [3.63, 3.8) is 0 Å². The molecular weight excluding hydrogens is 178 g/mol. The monoisotopic (exact) mass is 199 g/mol. The minimum Gasteiger partial charge on any atom is -0.364 e. The molecule has 0 rings (SSSR count). The Morgan fingerprint density at radius 1 is 1.43 bits per heavy atom. The molecule has 3 heteroatoms. The summed E-state index contributed by atoms with van der Waals surface area (Å²) in [6.45, 7) is 14.0. The lowest BCUT2D eigenvalue weighted by Crippen LogP contribution is -2.44. The van der Waals surface area contributed by atoms with Crippen LogP contribution >= 0.6 is 0 Å². The van der Waals surface area contributed by atoms with Crippen molar-refractivity contribution in [1.82, 2.24) is 5.06 Å². The second kappa shape index (κ2) is 5.15. The molecule has 0 aliphatic rings. The van der Waals surface area contributed by atoms with Crippen LogP contribution in [0, 0.1) is 0 Å². The standard InChI is InChI=1S/C11H21NO2/c1-7-11(5,6)12(8-2)14-10(13)9(3)4/h3,7-8H2,1-2,4-6H3. The largest absolute Gasteiger partial charge is 0.364 e.